The average Bonchev–Trinajstić information content (AvgIpc) is 2.59. The molecule has 24 heavy (non-hydrogen) atoms. The first-order valence-electron chi connectivity index (χ1n) is 9.92. The lowest BCUT2D eigenvalue weighted by molar-refractivity contribution is -0.142. The Kier molecular flexibility index (Phi) is 5.80. The number of fused-ring (bicyclic) bond motifs is 2. The second-order valence-electron chi connectivity index (χ2n) is 8.11. The van der Waals surface area contributed by atoms with E-state index in [1.54, 1.807) is 0 Å². The number of nitrogens with zero attached hydrogens (tertiary/aromatic N) is 1. The predicted molar refractivity (Wildman–Crippen MR) is 94.1 cm³/mol. The number of nitrogens with two attached hydrogens (primary N) is 1. The van der Waals surface area contributed by atoms with E-state index in [1.165, 1.54) is 19.3 Å². The van der Waals surface area contributed by atoms with Crippen LogP contribution in [-0.2, 0) is 9.59 Å². The van der Waals surface area contributed by atoms with Crippen molar-refractivity contribution in [1.29, 1.82) is 0 Å². The van der Waals surface area contributed by atoms with E-state index >= 15 is 0 Å². The molecule has 2 saturated carbocycles. The summed E-state index contributed by atoms with van der Waals surface area (Å²) in [5.41, 5.74) is 6.36. The molecule has 3 unspecified atom stereocenters. The van der Waals surface area contributed by atoms with Crippen LogP contribution in [0.4, 0.5) is 0 Å². The van der Waals surface area contributed by atoms with Gasteiger partial charge in [-0.05, 0) is 56.8 Å². The number of carbonyl (C=O) groups excluding carboxylic acids is 2. The van der Waals surface area contributed by atoms with Crippen LogP contribution in [-0.4, -0.2) is 42.4 Å². The van der Waals surface area contributed by atoms with Gasteiger partial charge in [-0.15, -0.1) is 0 Å². The van der Waals surface area contributed by atoms with Gasteiger partial charge >= 0.3 is 0 Å². The van der Waals surface area contributed by atoms with Gasteiger partial charge in [0.2, 0.25) is 11.8 Å². The van der Waals surface area contributed by atoms with Crippen molar-refractivity contribution in [2.24, 2.45) is 29.4 Å². The monoisotopic (exact) mass is 335 g/mol. The Morgan fingerprint density at radius 3 is 2.46 bits per heavy atom. The lowest BCUT2D eigenvalue weighted by Gasteiger charge is -2.45. The van der Waals surface area contributed by atoms with E-state index in [0.717, 1.165) is 45.2 Å². The van der Waals surface area contributed by atoms with Gasteiger partial charge in [0, 0.05) is 31.6 Å². The molecule has 0 radical (unpaired) electrons. The van der Waals surface area contributed by atoms with Gasteiger partial charge in [0.15, 0.2) is 0 Å². The SMILES string of the molecule is CCCNC(=O)C1CCCN(C(=O)C2CC3CCCC(C2)C3N)C1. The van der Waals surface area contributed by atoms with E-state index in [1.807, 2.05) is 4.90 Å². The number of amides is 2. The van der Waals surface area contributed by atoms with E-state index < -0.39 is 0 Å². The third-order valence-corrected chi connectivity index (χ3v) is 6.42. The Morgan fingerprint density at radius 2 is 1.79 bits per heavy atom. The molecule has 2 amide bonds. The lowest BCUT2D eigenvalue weighted by atomic mass is 9.65. The van der Waals surface area contributed by atoms with Gasteiger partial charge < -0.3 is 16.0 Å². The summed E-state index contributed by atoms with van der Waals surface area (Å²) < 4.78 is 0. The molecule has 136 valence electrons. The topological polar surface area (TPSA) is 75.4 Å². The van der Waals surface area contributed by atoms with Crippen molar-refractivity contribution in [3.05, 3.63) is 0 Å². The molecule has 5 nitrogen and oxygen atoms in total. The zero-order valence-corrected chi connectivity index (χ0v) is 15.0. The minimum atomic E-state index is -0.0282. The number of piperidine rings is 1. The van der Waals surface area contributed by atoms with Crippen LogP contribution >= 0.6 is 0 Å². The van der Waals surface area contributed by atoms with Gasteiger partial charge in [0.05, 0.1) is 5.92 Å². The highest BCUT2D eigenvalue weighted by Gasteiger charge is 2.42. The van der Waals surface area contributed by atoms with Gasteiger partial charge in [-0.1, -0.05) is 13.3 Å². The third-order valence-electron chi connectivity index (χ3n) is 6.42. The summed E-state index contributed by atoms with van der Waals surface area (Å²) in [5.74, 6) is 1.57. The molecule has 1 saturated heterocycles. The molecule has 3 aliphatic rings. The zero-order valence-electron chi connectivity index (χ0n) is 15.0. The highest BCUT2D eigenvalue weighted by Crippen LogP contribution is 2.42. The van der Waals surface area contributed by atoms with Gasteiger partial charge in [-0.2, -0.15) is 0 Å². The molecule has 3 atom stereocenters. The van der Waals surface area contributed by atoms with Crippen LogP contribution in [0.1, 0.15) is 58.3 Å². The second-order valence-corrected chi connectivity index (χ2v) is 8.11. The summed E-state index contributed by atoms with van der Waals surface area (Å²) in [4.78, 5) is 27.2. The van der Waals surface area contributed by atoms with Crippen LogP contribution in [0.15, 0.2) is 0 Å². The molecular formula is C19H33N3O2. The first kappa shape index (κ1) is 17.7. The van der Waals surface area contributed by atoms with E-state index in [2.05, 4.69) is 12.2 Å². The van der Waals surface area contributed by atoms with Crippen LogP contribution in [0.3, 0.4) is 0 Å². The van der Waals surface area contributed by atoms with E-state index in [-0.39, 0.29) is 23.7 Å². The fourth-order valence-electron chi connectivity index (χ4n) is 5.03. The van der Waals surface area contributed by atoms with E-state index in [0.29, 0.717) is 24.4 Å². The fraction of sp³-hybridized carbons (Fsp3) is 0.895. The Bertz CT molecular complexity index is 454. The molecule has 5 heteroatoms. The summed E-state index contributed by atoms with van der Waals surface area (Å²) in [7, 11) is 0. The number of hydrogen-bond acceptors (Lipinski definition) is 3. The fourth-order valence-corrected chi connectivity index (χ4v) is 5.03. The van der Waals surface area contributed by atoms with Crippen molar-refractivity contribution in [3.63, 3.8) is 0 Å². The van der Waals surface area contributed by atoms with Crippen molar-refractivity contribution in [1.82, 2.24) is 10.2 Å². The summed E-state index contributed by atoms with van der Waals surface area (Å²) in [5, 5.41) is 2.99. The molecule has 2 bridgehead atoms. The molecule has 3 fully saturated rings. The lowest BCUT2D eigenvalue weighted by Crippen LogP contribution is -2.52. The molecular weight excluding hydrogens is 302 g/mol. The van der Waals surface area contributed by atoms with E-state index in [9.17, 15) is 9.59 Å². The Hall–Kier alpha value is -1.10. The highest BCUT2D eigenvalue weighted by atomic mass is 16.2. The molecule has 0 spiro atoms. The maximum atomic E-state index is 13.0. The first-order valence-corrected chi connectivity index (χ1v) is 9.92. The van der Waals surface area contributed by atoms with Gasteiger partial charge in [0.25, 0.3) is 0 Å². The molecule has 0 aromatic heterocycles. The van der Waals surface area contributed by atoms with Crippen LogP contribution < -0.4 is 11.1 Å². The summed E-state index contributed by atoms with van der Waals surface area (Å²) in [6.45, 7) is 4.20. The largest absolute Gasteiger partial charge is 0.356 e. The quantitative estimate of drug-likeness (QED) is 0.824. The minimum Gasteiger partial charge on any atom is -0.356 e. The smallest absolute Gasteiger partial charge is 0.225 e. The van der Waals surface area contributed by atoms with Crippen molar-refractivity contribution in [2.75, 3.05) is 19.6 Å². The van der Waals surface area contributed by atoms with Crippen molar-refractivity contribution in [3.8, 4) is 0 Å². The predicted octanol–water partition coefficient (Wildman–Crippen LogP) is 1.90. The molecule has 2 aliphatic carbocycles. The maximum absolute atomic E-state index is 13.0. The van der Waals surface area contributed by atoms with Gasteiger partial charge in [-0.3, -0.25) is 9.59 Å². The number of rotatable bonds is 4. The molecule has 3 rings (SSSR count). The third kappa shape index (κ3) is 3.76. The van der Waals surface area contributed by atoms with Crippen LogP contribution in [0, 0.1) is 23.7 Å². The first-order chi connectivity index (χ1) is 11.6. The summed E-state index contributed by atoms with van der Waals surface area (Å²) >= 11 is 0. The Balaban J connectivity index is 1.57. The minimum absolute atomic E-state index is 0.0282. The normalized spacial score (nSPS) is 36.2. The standard InChI is InChI=1S/C19H33N3O2/c1-2-8-21-18(23)15-7-4-9-22(12-15)19(24)16-10-13-5-3-6-14(11-16)17(13)20/h13-17H,2-12,20H2,1H3,(H,21,23). The average molecular weight is 335 g/mol. The van der Waals surface area contributed by atoms with Crippen molar-refractivity contribution < 1.29 is 9.59 Å². The Morgan fingerprint density at radius 1 is 1.08 bits per heavy atom. The number of nitrogens with one attached hydrogen (secondary N) is 1. The zero-order chi connectivity index (χ0) is 17.1. The van der Waals surface area contributed by atoms with Crippen molar-refractivity contribution in [2.45, 2.75) is 64.3 Å². The summed E-state index contributed by atoms with van der Waals surface area (Å²) in [6.07, 6.45) is 8.35. The summed E-state index contributed by atoms with van der Waals surface area (Å²) in [6, 6.07) is 0.303. The van der Waals surface area contributed by atoms with Crippen molar-refractivity contribution >= 4 is 11.8 Å². The molecule has 0 aromatic rings. The Labute approximate surface area is 145 Å². The number of carbonyl (C=O) groups is 2. The van der Waals surface area contributed by atoms with E-state index in [4.69, 9.17) is 5.73 Å². The van der Waals surface area contributed by atoms with Gasteiger partial charge in [-0.25, -0.2) is 0 Å². The number of hydrogen-bond donors (Lipinski definition) is 2. The highest BCUT2D eigenvalue weighted by molar-refractivity contribution is 5.82. The molecule has 3 N–H and O–H groups in total. The second kappa shape index (κ2) is 7.85. The molecule has 1 aliphatic heterocycles. The van der Waals surface area contributed by atoms with Crippen LogP contribution in [0.2, 0.25) is 0 Å². The maximum Gasteiger partial charge on any atom is 0.225 e. The molecule has 1 heterocycles. The van der Waals surface area contributed by atoms with Gasteiger partial charge in [0.1, 0.15) is 0 Å². The number of likely N-dealkylation sites (tertiary alicyclic amines) is 1. The van der Waals surface area contributed by atoms with Crippen LogP contribution in [0.5, 0.6) is 0 Å². The molecule has 0 aromatic carbocycles. The van der Waals surface area contributed by atoms with Crippen LogP contribution in [0.25, 0.3) is 0 Å².